The van der Waals surface area contributed by atoms with Gasteiger partial charge in [0.15, 0.2) is 0 Å². The van der Waals surface area contributed by atoms with Crippen molar-refractivity contribution in [3.8, 4) is 5.75 Å². The lowest BCUT2D eigenvalue weighted by atomic mass is 10.2. The van der Waals surface area contributed by atoms with Gasteiger partial charge in [-0.3, -0.25) is 14.5 Å². The fourth-order valence-electron chi connectivity index (χ4n) is 1.52. The number of aliphatic hydroxyl groups is 1. The number of nitrogens with zero attached hydrogens (tertiary/aromatic N) is 1. The van der Waals surface area contributed by atoms with E-state index in [1.54, 1.807) is 24.3 Å². The second-order valence-corrected chi connectivity index (χ2v) is 3.45. The Morgan fingerprint density at radius 2 is 2.06 bits per heavy atom. The molecule has 3 N–H and O–H groups in total. The molecule has 1 aromatic rings. The first-order valence-electron chi connectivity index (χ1n) is 5.55. The zero-order valence-electron chi connectivity index (χ0n) is 10.1. The van der Waals surface area contributed by atoms with Crippen LogP contribution in [0.2, 0.25) is 0 Å². The van der Waals surface area contributed by atoms with Crippen LogP contribution >= 0.6 is 0 Å². The fourth-order valence-corrected chi connectivity index (χ4v) is 1.52. The van der Waals surface area contributed by atoms with Crippen molar-refractivity contribution in [2.24, 2.45) is 5.73 Å². The molecule has 0 unspecified atom stereocenters. The minimum Gasteiger partial charge on any atom is -0.492 e. The Kier molecular flexibility index (Phi) is 5.13. The zero-order valence-corrected chi connectivity index (χ0v) is 10.1. The van der Waals surface area contributed by atoms with Gasteiger partial charge in [-0.05, 0) is 19.1 Å². The highest BCUT2D eigenvalue weighted by Gasteiger charge is 2.22. The second kappa shape index (κ2) is 6.61. The van der Waals surface area contributed by atoms with Gasteiger partial charge >= 0.3 is 11.8 Å². The molecular weight excluding hydrogens is 236 g/mol. The second-order valence-electron chi connectivity index (χ2n) is 3.45. The molecule has 0 bridgehead atoms. The lowest BCUT2D eigenvalue weighted by Crippen LogP contribution is -2.42. The van der Waals surface area contributed by atoms with Crippen molar-refractivity contribution in [1.82, 2.24) is 0 Å². The van der Waals surface area contributed by atoms with Gasteiger partial charge in [-0.25, -0.2) is 0 Å². The number of anilines is 1. The van der Waals surface area contributed by atoms with Crippen molar-refractivity contribution in [3.05, 3.63) is 24.3 Å². The number of nitrogens with two attached hydrogens (primary N) is 1. The molecule has 0 saturated heterocycles. The quantitative estimate of drug-likeness (QED) is 0.715. The first-order valence-corrected chi connectivity index (χ1v) is 5.55. The molecule has 0 spiro atoms. The highest BCUT2D eigenvalue weighted by atomic mass is 16.5. The van der Waals surface area contributed by atoms with Crippen molar-refractivity contribution in [2.75, 3.05) is 24.7 Å². The van der Waals surface area contributed by atoms with Gasteiger partial charge in [0.25, 0.3) is 0 Å². The SMILES string of the molecule is CCOc1ccccc1N(CCO)C(=O)C(N)=O. The normalized spacial score (nSPS) is 9.89. The summed E-state index contributed by atoms with van der Waals surface area (Å²) in [6, 6.07) is 6.76. The van der Waals surface area contributed by atoms with Crippen LogP contribution in [0.5, 0.6) is 5.75 Å². The summed E-state index contributed by atoms with van der Waals surface area (Å²) < 4.78 is 5.37. The van der Waals surface area contributed by atoms with E-state index in [1.165, 1.54) is 0 Å². The van der Waals surface area contributed by atoms with Gasteiger partial charge in [0.2, 0.25) is 0 Å². The van der Waals surface area contributed by atoms with Crippen molar-refractivity contribution >= 4 is 17.5 Å². The van der Waals surface area contributed by atoms with Gasteiger partial charge in [0.05, 0.1) is 18.9 Å². The first-order chi connectivity index (χ1) is 8.61. The molecule has 2 amide bonds. The van der Waals surface area contributed by atoms with E-state index >= 15 is 0 Å². The monoisotopic (exact) mass is 252 g/mol. The molecule has 18 heavy (non-hydrogen) atoms. The molecule has 0 fully saturated rings. The molecule has 0 aliphatic rings. The Labute approximate surface area is 105 Å². The standard InChI is InChI=1S/C12H16N2O4/c1-2-18-10-6-4-3-5-9(10)14(7-8-15)12(17)11(13)16/h3-6,15H,2,7-8H2,1H3,(H2,13,16). The van der Waals surface area contributed by atoms with Crippen LogP contribution in [-0.2, 0) is 9.59 Å². The average Bonchev–Trinajstić information content (AvgIpc) is 2.36. The Bertz CT molecular complexity index is 434. The van der Waals surface area contributed by atoms with Gasteiger partial charge in [-0.15, -0.1) is 0 Å². The summed E-state index contributed by atoms with van der Waals surface area (Å²) in [4.78, 5) is 23.7. The minimum absolute atomic E-state index is 0.0220. The van der Waals surface area contributed by atoms with Gasteiger partial charge < -0.3 is 15.6 Å². The number of hydrogen-bond donors (Lipinski definition) is 2. The third-order valence-corrected chi connectivity index (χ3v) is 2.24. The Morgan fingerprint density at radius 1 is 1.39 bits per heavy atom. The molecule has 0 aromatic heterocycles. The van der Waals surface area contributed by atoms with E-state index in [1.807, 2.05) is 6.92 Å². The minimum atomic E-state index is -1.07. The Balaban J connectivity index is 3.12. The van der Waals surface area contributed by atoms with E-state index in [0.717, 1.165) is 4.90 Å². The molecule has 98 valence electrons. The number of para-hydroxylation sites is 2. The zero-order chi connectivity index (χ0) is 13.5. The predicted molar refractivity (Wildman–Crippen MR) is 66.2 cm³/mol. The van der Waals surface area contributed by atoms with Crippen molar-refractivity contribution in [1.29, 1.82) is 0 Å². The third kappa shape index (κ3) is 3.21. The molecule has 0 heterocycles. The summed E-state index contributed by atoms with van der Waals surface area (Å²) in [5.74, 6) is -1.49. The summed E-state index contributed by atoms with van der Waals surface area (Å²) in [5.41, 5.74) is 5.39. The number of primary amides is 1. The van der Waals surface area contributed by atoms with Crippen LogP contribution in [-0.4, -0.2) is 36.7 Å². The van der Waals surface area contributed by atoms with Gasteiger partial charge in [0.1, 0.15) is 5.75 Å². The van der Waals surface area contributed by atoms with Crippen LogP contribution in [0.4, 0.5) is 5.69 Å². The van der Waals surface area contributed by atoms with Gasteiger partial charge in [-0.2, -0.15) is 0 Å². The number of rotatable bonds is 5. The van der Waals surface area contributed by atoms with E-state index in [-0.39, 0.29) is 13.2 Å². The lowest BCUT2D eigenvalue weighted by Gasteiger charge is -2.22. The fraction of sp³-hybridized carbons (Fsp3) is 0.333. The number of carbonyl (C=O) groups is 2. The molecule has 0 radical (unpaired) electrons. The summed E-state index contributed by atoms with van der Waals surface area (Å²) in [5, 5.41) is 8.96. The van der Waals surface area contributed by atoms with Crippen molar-refractivity contribution in [2.45, 2.75) is 6.92 Å². The molecule has 0 aliphatic carbocycles. The lowest BCUT2D eigenvalue weighted by molar-refractivity contribution is -0.135. The molecule has 1 aromatic carbocycles. The third-order valence-electron chi connectivity index (χ3n) is 2.24. The van der Waals surface area contributed by atoms with Gasteiger partial charge in [0, 0.05) is 6.54 Å². The van der Waals surface area contributed by atoms with Crippen LogP contribution in [0.15, 0.2) is 24.3 Å². The van der Waals surface area contributed by atoms with Crippen molar-refractivity contribution in [3.63, 3.8) is 0 Å². The van der Waals surface area contributed by atoms with Crippen LogP contribution in [0, 0.1) is 0 Å². The van der Waals surface area contributed by atoms with E-state index in [9.17, 15) is 9.59 Å². The molecule has 0 atom stereocenters. The Morgan fingerprint density at radius 3 is 2.61 bits per heavy atom. The number of amides is 2. The summed E-state index contributed by atoms with van der Waals surface area (Å²) in [6.45, 7) is 1.93. The molecule has 6 heteroatoms. The van der Waals surface area contributed by atoms with Crippen LogP contribution in [0.3, 0.4) is 0 Å². The summed E-state index contributed by atoms with van der Waals surface area (Å²) >= 11 is 0. The van der Waals surface area contributed by atoms with Gasteiger partial charge in [-0.1, -0.05) is 12.1 Å². The van der Waals surface area contributed by atoms with E-state index in [4.69, 9.17) is 15.6 Å². The molecular formula is C12H16N2O4. The molecule has 0 saturated carbocycles. The van der Waals surface area contributed by atoms with E-state index in [0.29, 0.717) is 18.0 Å². The molecule has 1 rings (SSSR count). The summed E-state index contributed by atoms with van der Waals surface area (Å²) in [6.07, 6.45) is 0. The van der Waals surface area contributed by atoms with E-state index in [2.05, 4.69) is 0 Å². The number of benzene rings is 1. The van der Waals surface area contributed by atoms with Crippen LogP contribution in [0.25, 0.3) is 0 Å². The topological polar surface area (TPSA) is 92.9 Å². The maximum absolute atomic E-state index is 11.7. The highest BCUT2D eigenvalue weighted by Crippen LogP contribution is 2.27. The van der Waals surface area contributed by atoms with Crippen molar-refractivity contribution < 1.29 is 19.4 Å². The average molecular weight is 252 g/mol. The van der Waals surface area contributed by atoms with E-state index < -0.39 is 11.8 Å². The van der Waals surface area contributed by atoms with Crippen LogP contribution < -0.4 is 15.4 Å². The molecule has 6 nitrogen and oxygen atoms in total. The maximum atomic E-state index is 11.7. The molecule has 0 aliphatic heterocycles. The maximum Gasteiger partial charge on any atom is 0.316 e. The smallest absolute Gasteiger partial charge is 0.316 e. The number of carbonyl (C=O) groups excluding carboxylic acids is 2. The summed E-state index contributed by atoms with van der Waals surface area (Å²) in [7, 11) is 0. The first kappa shape index (κ1) is 14.0. The Hall–Kier alpha value is -2.08. The number of hydrogen-bond acceptors (Lipinski definition) is 4. The predicted octanol–water partition coefficient (Wildman–Crippen LogP) is -0.104. The largest absolute Gasteiger partial charge is 0.492 e. The number of ether oxygens (including phenoxy) is 1. The van der Waals surface area contributed by atoms with Crippen LogP contribution in [0.1, 0.15) is 6.92 Å². The number of aliphatic hydroxyl groups excluding tert-OH is 1. The highest BCUT2D eigenvalue weighted by molar-refractivity contribution is 6.40.